The van der Waals surface area contributed by atoms with Crippen LogP contribution in [0.15, 0.2) is 45.9 Å². The molecule has 0 aliphatic carbocycles. The molecule has 216 valence electrons. The predicted octanol–water partition coefficient (Wildman–Crippen LogP) is 2.65. The van der Waals surface area contributed by atoms with Gasteiger partial charge in [0, 0.05) is 16.6 Å². The number of hydrogen-bond donors (Lipinski definition) is 5. The summed E-state index contributed by atoms with van der Waals surface area (Å²) in [5, 5.41) is 25.3. The summed E-state index contributed by atoms with van der Waals surface area (Å²) in [4.78, 5) is 27.5. The monoisotopic (exact) mass is 618 g/mol. The predicted molar refractivity (Wildman–Crippen MR) is 154 cm³/mol. The SMILES string of the molecule is CCC(C)CC(N=C(N)NC(=O)Cc1cc(OC)c(OC)cc1Br)C(=O)O.NCc1cccc(-c2nn[nH]n2)c1. The van der Waals surface area contributed by atoms with Gasteiger partial charge in [-0.3, -0.25) is 10.1 Å². The molecule has 0 radical (unpaired) electrons. The van der Waals surface area contributed by atoms with E-state index in [2.05, 4.69) is 46.9 Å². The van der Waals surface area contributed by atoms with Crippen LogP contribution in [0, 0.1) is 5.92 Å². The number of ether oxygens (including phenoxy) is 2. The van der Waals surface area contributed by atoms with Gasteiger partial charge in [-0.15, -0.1) is 10.2 Å². The molecule has 0 bridgehead atoms. The zero-order valence-electron chi connectivity index (χ0n) is 22.8. The van der Waals surface area contributed by atoms with Crippen molar-refractivity contribution in [1.29, 1.82) is 0 Å². The van der Waals surface area contributed by atoms with Gasteiger partial charge >= 0.3 is 5.97 Å². The number of benzene rings is 2. The Morgan fingerprint density at radius 3 is 2.48 bits per heavy atom. The van der Waals surface area contributed by atoms with E-state index in [4.69, 9.17) is 20.9 Å². The van der Waals surface area contributed by atoms with Crippen LogP contribution in [0.1, 0.15) is 37.8 Å². The standard InChI is InChI=1S/C18H26BrN3O5.C8H9N5/c1-5-10(2)6-13(17(24)25)21-18(20)22-16(23)8-11-7-14(26-3)15(27-4)9-12(11)19;9-5-6-2-1-3-7(4-6)8-10-12-13-11-8/h7,9-10,13H,5-6,8H2,1-4H3,(H,24,25)(H3,20,21,22,23);1-4H,5,9H2,(H,10,11,12,13). The Morgan fingerprint density at radius 1 is 1.20 bits per heavy atom. The molecule has 0 spiro atoms. The van der Waals surface area contributed by atoms with E-state index >= 15 is 0 Å². The summed E-state index contributed by atoms with van der Waals surface area (Å²) in [6.07, 6.45) is 1.18. The molecule has 1 amide bonds. The van der Waals surface area contributed by atoms with E-state index in [9.17, 15) is 14.7 Å². The Kier molecular flexibility index (Phi) is 13.0. The van der Waals surface area contributed by atoms with Gasteiger partial charge in [0.25, 0.3) is 0 Å². The first-order valence-corrected chi connectivity index (χ1v) is 13.2. The minimum atomic E-state index is -1.07. The average Bonchev–Trinajstić information content (AvgIpc) is 3.49. The van der Waals surface area contributed by atoms with Crippen molar-refractivity contribution >= 4 is 33.8 Å². The molecule has 0 aliphatic rings. The number of carboxylic acid groups (broad SMARTS) is 1. The summed E-state index contributed by atoms with van der Waals surface area (Å²) >= 11 is 3.39. The molecule has 2 unspecified atom stereocenters. The first-order valence-electron chi connectivity index (χ1n) is 12.4. The van der Waals surface area contributed by atoms with E-state index in [0.29, 0.717) is 40.3 Å². The first-order chi connectivity index (χ1) is 19.1. The minimum absolute atomic E-state index is 0.000256. The van der Waals surface area contributed by atoms with E-state index in [1.54, 1.807) is 12.1 Å². The van der Waals surface area contributed by atoms with Crippen molar-refractivity contribution in [2.45, 2.75) is 45.7 Å². The van der Waals surface area contributed by atoms with Crippen molar-refractivity contribution in [3.63, 3.8) is 0 Å². The second kappa shape index (κ2) is 16.2. The molecule has 0 fully saturated rings. The number of nitrogens with one attached hydrogen (secondary N) is 2. The summed E-state index contributed by atoms with van der Waals surface area (Å²) < 4.78 is 11.1. The quantitative estimate of drug-likeness (QED) is 0.157. The van der Waals surface area contributed by atoms with Crippen LogP contribution < -0.4 is 26.3 Å². The lowest BCUT2D eigenvalue weighted by Gasteiger charge is -2.14. The van der Waals surface area contributed by atoms with Crippen molar-refractivity contribution in [3.8, 4) is 22.9 Å². The zero-order valence-corrected chi connectivity index (χ0v) is 24.4. The topological polar surface area (TPSA) is 204 Å². The Labute approximate surface area is 240 Å². The van der Waals surface area contributed by atoms with Crippen LogP contribution in [0.3, 0.4) is 0 Å². The maximum absolute atomic E-state index is 12.2. The van der Waals surface area contributed by atoms with E-state index in [-0.39, 0.29) is 18.3 Å². The normalized spacial score (nSPS) is 12.5. The third kappa shape index (κ3) is 9.93. The van der Waals surface area contributed by atoms with Crippen molar-refractivity contribution in [3.05, 3.63) is 52.0 Å². The van der Waals surface area contributed by atoms with E-state index in [1.807, 2.05) is 38.1 Å². The Bertz CT molecular complexity index is 1290. The number of amides is 1. The number of tetrazole rings is 1. The molecule has 14 heteroatoms. The lowest BCUT2D eigenvalue weighted by molar-refractivity contribution is -0.138. The second-order valence-corrected chi connectivity index (χ2v) is 9.64. The minimum Gasteiger partial charge on any atom is -0.493 e. The van der Waals surface area contributed by atoms with Crippen molar-refractivity contribution in [2.24, 2.45) is 22.4 Å². The molecular formula is C26H35BrN8O5. The molecule has 0 saturated heterocycles. The number of aromatic amines is 1. The highest BCUT2D eigenvalue weighted by Gasteiger charge is 2.20. The average molecular weight is 620 g/mol. The smallest absolute Gasteiger partial charge is 0.328 e. The summed E-state index contributed by atoms with van der Waals surface area (Å²) in [5.41, 5.74) is 13.9. The molecular weight excluding hydrogens is 584 g/mol. The van der Waals surface area contributed by atoms with E-state index < -0.39 is 17.9 Å². The molecule has 40 heavy (non-hydrogen) atoms. The number of carboxylic acids is 1. The molecule has 1 aromatic heterocycles. The third-order valence-electron chi connectivity index (χ3n) is 5.84. The Morgan fingerprint density at radius 2 is 1.90 bits per heavy atom. The summed E-state index contributed by atoms with van der Waals surface area (Å²) in [6, 6.07) is 10.1. The molecule has 3 rings (SSSR count). The highest BCUT2D eigenvalue weighted by molar-refractivity contribution is 9.10. The van der Waals surface area contributed by atoms with Gasteiger partial charge in [0.2, 0.25) is 11.7 Å². The number of carbonyl (C=O) groups excluding carboxylic acids is 1. The fraction of sp³-hybridized carbons (Fsp3) is 0.385. The van der Waals surface area contributed by atoms with Crippen LogP contribution in [0.4, 0.5) is 0 Å². The van der Waals surface area contributed by atoms with Crippen molar-refractivity contribution in [2.75, 3.05) is 14.2 Å². The number of guanidine groups is 1. The Hall–Kier alpha value is -4.04. The molecule has 3 aromatic rings. The summed E-state index contributed by atoms with van der Waals surface area (Å²) in [7, 11) is 3.02. The highest BCUT2D eigenvalue weighted by atomic mass is 79.9. The van der Waals surface area contributed by atoms with Crippen LogP contribution in [-0.2, 0) is 22.6 Å². The highest BCUT2D eigenvalue weighted by Crippen LogP contribution is 2.33. The van der Waals surface area contributed by atoms with Gasteiger partial charge in [0.15, 0.2) is 23.5 Å². The van der Waals surface area contributed by atoms with E-state index in [0.717, 1.165) is 17.5 Å². The van der Waals surface area contributed by atoms with Gasteiger partial charge in [-0.1, -0.05) is 54.4 Å². The number of methoxy groups -OCH3 is 2. The zero-order chi connectivity index (χ0) is 29.7. The van der Waals surface area contributed by atoms with E-state index in [1.165, 1.54) is 14.2 Å². The summed E-state index contributed by atoms with van der Waals surface area (Å²) in [6.45, 7) is 4.43. The number of H-pyrrole nitrogens is 1. The van der Waals surface area contributed by atoms with Gasteiger partial charge in [-0.2, -0.15) is 5.21 Å². The number of halogens is 1. The fourth-order valence-corrected chi connectivity index (χ4v) is 3.93. The molecule has 7 N–H and O–H groups in total. The fourth-order valence-electron chi connectivity index (χ4n) is 3.47. The Balaban J connectivity index is 0.000000355. The number of carbonyl (C=O) groups is 2. The number of nitrogens with two attached hydrogens (primary N) is 2. The van der Waals surface area contributed by atoms with Crippen LogP contribution in [0.5, 0.6) is 11.5 Å². The lowest BCUT2D eigenvalue weighted by Crippen LogP contribution is -2.39. The van der Waals surface area contributed by atoms with Crippen LogP contribution in [-0.4, -0.2) is 63.8 Å². The number of aliphatic imine (C=N–C) groups is 1. The van der Waals surface area contributed by atoms with Crippen LogP contribution in [0.25, 0.3) is 11.4 Å². The van der Waals surface area contributed by atoms with Crippen molar-refractivity contribution in [1.82, 2.24) is 25.9 Å². The van der Waals surface area contributed by atoms with Gasteiger partial charge in [-0.25, -0.2) is 9.79 Å². The van der Waals surface area contributed by atoms with Gasteiger partial charge < -0.3 is 26.0 Å². The van der Waals surface area contributed by atoms with Crippen LogP contribution in [0.2, 0.25) is 0 Å². The lowest BCUT2D eigenvalue weighted by atomic mass is 10.00. The maximum Gasteiger partial charge on any atom is 0.328 e. The molecule has 13 nitrogen and oxygen atoms in total. The van der Waals surface area contributed by atoms with Crippen molar-refractivity contribution < 1.29 is 24.2 Å². The van der Waals surface area contributed by atoms with Gasteiger partial charge in [0.1, 0.15) is 0 Å². The number of hydrogen-bond acceptors (Lipinski definition) is 9. The molecule has 2 atom stereocenters. The van der Waals surface area contributed by atoms with Gasteiger partial charge in [-0.05, 0) is 46.9 Å². The molecule has 0 aliphatic heterocycles. The van der Waals surface area contributed by atoms with Gasteiger partial charge in [0.05, 0.1) is 20.6 Å². The largest absolute Gasteiger partial charge is 0.493 e. The molecule has 1 heterocycles. The number of rotatable bonds is 11. The first kappa shape index (κ1) is 32.2. The number of aliphatic carboxylic acids is 1. The number of nitrogens with zero attached hydrogens (tertiary/aromatic N) is 4. The molecule has 2 aromatic carbocycles. The third-order valence-corrected chi connectivity index (χ3v) is 6.58. The maximum atomic E-state index is 12.2. The molecule has 0 saturated carbocycles. The second-order valence-electron chi connectivity index (χ2n) is 8.78. The van der Waals surface area contributed by atoms with Crippen LogP contribution >= 0.6 is 15.9 Å². The summed E-state index contributed by atoms with van der Waals surface area (Å²) in [5.74, 6) is 0.0873. The number of aromatic nitrogens is 4.